The summed E-state index contributed by atoms with van der Waals surface area (Å²) in [5, 5.41) is 4.93. The minimum Gasteiger partial charge on any atom is -0.322 e. The number of para-hydroxylation sites is 1. The minimum atomic E-state index is -0.123. The van der Waals surface area contributed by atoms with E-state index in [1.165, 1.54) is 6.08 Å². The molecule has 1 amide bonds. The van der Waals surface area contributed by atoms with Crippen LogP contribution in [0.4, 0.5) is 5.69 Å². The summed E-state index contributed by atoms with van der Waals surface area (Å²) >= 11 is 1.66. The molecule has 0 aliphatic heterocycles. The molecular weight excluding hydrogens is 254 g/mol. The predicted octanol–water partition coefficient (Wildman–Crippen LogP) is 4.49. The topological polar surface area (TPSA) is 29.1 Å². The number of carbonyl (C=O) groups is 1. The van der Waals surface area contributed by atoms with Crippen LogP contribution in [0.3, 0.4) is 0 Å². The molecule has 2 aromatic rings. The maximum absolute atomic E-state index is 11.8. The molecule has 0 atom stereocenters. The number of benzene rings is 1. The molecule has 0 fully saturated rings. The third-order valence-electron chi connectivity index (χ3n) is 2.52. The highest BCUT2D eigenvalue weighted by molar-refractivity contribution is 7.13. The van der Waals surface area contributed by atoms with Crippen LogP contribution in [0.2, 0.25) is 0 Å². The van der Waals surface area contributed by atoms with Crippen molar-refractivity contribution in [3.05, 3.63) is 66.1 Å². The molecular formula is C16H15NOS. The molecule has 2 rings (SSSR count). The van der Waals surface area contributed by atoms with E-state index in [1.807, 2.05) is 60.9 Å². The Morgan fingerprint density at radius 2 is 2.00 bits per heavy atom. The van der Waals surface area contributed by atoms with Crippen LogP contribution in [0.25, 0.3) is 10.4 Å². The van der Waals surface area contributed by atoms with E-state index in [9.17, 15) is 4.79 Å². The van der Waals surface area contributed by atoms with E-state index in [-0.39, 0.29) is 5.91 Å². The number of anilines is 1. The van der Waals surface area contributed by atoms with Crippen LogP contribution < -0.4 is 5.32 Å². The van der Waals surface area contributed by atoms with Gasteiger partial charge in [-0.05, 0) is 24.4 Å². The van der Waals surface area contributed by atoms with Gasteiger partial charge in [0.05, 0.1) is 0 Å². The average molecular weight is 269 g/mol. The summed E-state index contributed by atoms with van der Waals surface area (Å²) in [5.74, 6) is -0.123. The van der Waals surface area contributed by atoms with E-state index in [2.05, 4.69) is 5.32 Å². The van der Waals surface area contributed by atoms with Crippen LogP contribution in [-0.2, 0) is 4.79 Å². The fourth-order valence-corrected chi connectivity index (χ4v) is 2.43. The number of thiophene rings is 1. The van der Waals surface area contributed by atoms with Crippen molar-refractivity contribution in [2.45, 2.75) is 6.92 Å². The second kappa shape index (κ2) is 6.71. The first kappa shape index (κ1) is 13.3. The highest BCUT2D eigenvalue weighted by atomic mass is 32.1. The van der Waals surface area contributed by atoms with Crippen molar-refractivity contribution in [2.75, 3.05) is 5.32 Å². The number of hydrogen-bond donors (Lipinski definition) is 1. The summed E-state index contributed by atoms with van der Waals surface area (Å²) in [7, 11) is 0. The normalized spacial score (nSPS) is 11.2. The van der Waals surface area contributed by atoms with Gasteiger partial charge in [-0.25, -0.2) is 0 Å². The number of rotatable bonds is 4. The van der Waals surface area contributed by atoms with Gasteiger partial charge >= 0.3 is 0 Å². The molecule has 1 aromatic carbocycles. The average Bonchev–Trinajstić information content (AvgIpc) is 2.93. The van der Waals surface area contributed by atoms with E-state index < -0.39 is 0 Å². The Balaban J connectivity index is 2.19. The Kier molecular flexibility index (Phi) is 4.70. The molecule has 0 aliphatic carbocycles. The summed E-state index contributed by atoms with van der Waals surface area (Å²) in [4.78, 5) is 12.9. The largest absolute Gasteiger partial charge is 0.322 e. The molecule has 0 aliphatic rings. The summed E-state index contributed by atoms with van der Waals surface area (Å²) in [6.45, 7) is 1.91. The Bertz CT molecular complexity index is 597. The molecule has 19 heavy (non-hydrogen) atoms. The molecule has 1 heterocycles. The summed E-state index contributed by atoms with van der Waals surface area (Å²) in [5.41, 5.74) is 1.88. The predicted molar refractivity (Wildman–Crippen MR) is 82.3 cm³/mol. The molecule has 0 radical (unpaired) electrons. The second-order valence-corrected chi connectivity index (χ2v) is 4.84. The van der Waals surface area contributed by atoms with Gasteiger partial charge in [-0.15, -0.1) is 11.3 Å². The molecule has 2 nitrogen and oxygen atoms in total. The van der Waals surface area contributed by atoms with Crippen molar-refractivity contribution in [1.29, 1.82) is 0 Å². The van der Waals surface area contributed by atoms with Crippen LogP contribution in [0, 0.1) is 0 Å². The Hall–Kier alpha value is -2.13. The molecule has 1 N–H and O–H groups in total. The van der Waals surface area contributed by atoms with Crippen molar-refractivity contribution >= 4 is 22.9 Å². The Morgan fingerprint density at radius 3 is 2.74 bits per heavy atom. The van der Waals surface area contributed by atoms with Gasteiger partial charge in [0.25, 0.3) is 0 Å². The van der Waals surface area contributed by atoms with Gasteiger partial charge in [-0.1, -0.05) is 42.5 Å². The lowest BCUT2D eigenvalue weighted by atomic mass is 10.1. The van der Waals surface area contributed by atoms with Gasteiger partial charge in [-0.3, -0.25) is 4.79 Å². The van der Waals surface area contributed by atoms with Gasteiger partial charge < -0.3 is 5.32 Å². The summed E-state index contributed by atoms with van der Waals surface area (Å²) in [6, 6.07) is 11.9. The molecule has 3 heteroatoms. The minimum absolute atomic E-state index is 0.123. The van der Waals surface area contributed by atoms with Crippen molar-refractivity contribution in [2.24, 2.45) is 0 Å². The van der Waals surface area contributed by atoms with Gasteiger partial charge in [0.1, 0.15) is 0 Å². The van der Waals surface area contributed by atoms with Gasteiger partial charge in [-0.2, -0.15) is 0 Å². The lowest BCUT2D eigenvalue weighted by Crippen LogP contribution is -2.08. The van der Waals surface area contributed by atoms with E-state index >= 15 is 0 Å². The number of nitrogens with one attached hydrogen (secondary N) is 1. The lowest BCUT2D eigenvalue weighted by Gasteiger charge is -2.07. The smallest absolute Gasteiger partial charge is 0.248 e. The lowest BCUT2D eigenvalue weighted by molar-refractivity contribution is -0.111. The number of amides is 1. The van der Waals surface area contributed by atoms with E-state index in [1.54, 1.807) is 17.4 Å². The highest BCUT2D eigenvalue weighted by Crippen LogP contribution is 2.31. The van der Waals surface area contributed by atoms with Crippen molar-refractivity contribution in [3.8, 4) is 10.4 Å². The zero-order chi connectivity index (χ0) is 13.5. The molecule has 0 saturated carbocycles. The van der Waals surface area contributed by atoms with Gasteiger partial charge in [0.2, 0.25) is 5.91 Å². The molecule has 0 bridgehead atoms. The van der Waals surface area contributed by atoms with Crippen LogP contribution in [-0.4, -0.2) is 5.91 Å². The van der Waals surface area contributed by atoms with Crippen LogP contribution in [0.1, 0.15) is 6.92 Å². The number of carbonyl (C=O) groups excluding carboxylic acids is 1. The van der Waals surface area contributed by atoms with E-state index in [4.69, 9.17) is 0 Å². The third-order valence-corrected chi connectivity index (χ3v) is 3.43. The van der Waals surface area contributed by atoms with E-state index in [0.717, 1.165) is 16.1 Å². The van der Waals surface area contributed by atoms with Gasteiger partial charge in [0, 0.05) is 22.2 Å². The standard InChI is InChI=1S/C16H15NOS/c1-2-3-4-11-16(18)17-14-9-6-5-8-13(14)15-10-7-12-19-15/h2-12H,1H3,(H,17,18). The zero-order valence-electron chi connectivity index (χ0n) is 10.7. The zero-order valence-corrected chi connectivity index (χ0v) is 11.5. The first-order valence-corrected chi connectivity index (χ1v) is 6.92. The molecule has 96 valence electrons. The molecule has 0 saturated heterocycles. The highest BCUT2D eigenvalue weighted by Gasteiger charge is 2.06. The molecule has 1 aromatic heterocycles. The Morgan fingerprint density at radius 1 is 1.16 bits per heavy atom. The quantitative estimate of drug-likeness (QED) is 0.643. The SMILES string of the molecule is CC=CC=CC(=O)Nc1ccccc1-c1cccs1. The van der Waals surface area contributed by atoms with Crippen molar-refractivity contribution in [1.82, 2.24) is 0 Å². The maximum atomic E-state index is 11.8. The first-order valence-electron chi connectivity index (χ1n) is 6.04. The summed E-state index contributed by atoms with van der Waals surface area (Å²) in [6.07, 6.45) is 6.95. The first-order chi connectivity index (χ1) is 9.31. The monoisotopic (exact) mass is 269 g/mol. The summed E-state index contributed by atoms with van der Waals surface area (Å²) < 4.78 is 0. The molecule has 0 unspecified atom stereocenters. The van der Waals surface area contributed by atoms with Crippen molar-refractivity contribution in [3.63, 3.8) is 0 Å². The fourth-order valence-electron chi connectivity index (χ4n) is 1.67. The maximum Gasteiger partial charge on any atom is 0.248 e. The Labute approximate surface area is 117 Å². The van der Waals surface area contributed by atoms with E-state index in [0.29, 0.717) is 0 Å². The van der Waals surface area contributed by atoms with Crippen LogP contribution in [0.15, 0.2) is 66.1 Å². The third kappa shape index (κ3) is 3.66. The molecule has 0 spiro atoms. The number of hydrogen-bond acceptors (Lipinski definition) is 2. The van der Waals surface area contributed by atoms with Crippen LogP contribution in [0.5, 0.6) is 0 Å². The second-order valence-electron chi connectivity index (χ2n) is 3.90. The van der Waals surface area contributed by atoms with Crippen LogP contribution >= 0.6 is 11.3 Å². The van der Waals surface area contributed by atoms with Crippen molar-refractivity contribution < 1.29 is 4.79 Å². The fraction of sp³-hybridized carbons (Fsp3) is 0.0625. The number of allylic oxidation sites excluding steroid dienone is 3. The van der Waals surface area contributed by atoms with Gasteiger partial charge in [0.15, 0.2) is 0 Å².